The van der Waals surface area contributed by atoms with Crippen LogP contribution in [0.5, 0.6) is 0 Å². The monoisotopic (exact) mass is 311 g/mol. The Kier molecular flexibility index (Phi) is 4.37. The Bertz CT molecular complexity index is 759. The molecule has 0 spiro atoms. The van der Waals surface area contributed by atoms with E-state index in [2.05, 4.69) is 25.9 Å². The lowest BCUT2D eigenvalue weighted by Gasteiger charge is -2.13. The molecule has 1 unspecified atom stereocenters. The van der Waals surface area contributed by atoms with Crippen LogP contribution >= 0.6 is 0 Å². The number of nitrogens with one attached hydrogen (secondary N) is 2. The van der Waals surface area contributed by atoms with E-state index in [9.17, 15) is 9.18 Å². The lowest BCUT2D eigenvalue weighted by atomic mass is 9.97. The van der Waals surface area contributed by atoms with E-state index in [-0.39, 0.29) is 11.7 Å². The maximum absolute atomic E-state index is 12.9. The number of hydrogen-bond acceptors (Lipinski definition) is 4. The summed E-state index contributed by atoms with van der Waals surface area (Å²) in [5.41, 5.74) is 1.49. The minimum absolute atomic E-state index is 0.276. The smallest absolute Gasteiger partial charge is 0.235 e. The average Bonchev–Trinajstić information content (AvgIpc) is 3.10. The largest absolute Gasteiger partial charge is 0.325 e. The number of hydrogen-bond donors (Lipinski definition) is 2. The van der Waals surface area contributed by atoms with E-state index >= 15 is 0 Å². The molecule has 1 atom stereocenters. The third-order valence-corrected chi connectivity index (χ3v) is 3.38. The summed E-state index contributed by atoms with van der Waals surface area (Å²) in [5, 5.41) is 16.5. The van der Waals surface area contributed by atoms with Crippen molar-refractivity contribution in [1.82, 2.24) is 20.6 Å². The maximum atomic E-state index is 12.9. The maximum Gasteiger partial charge on any atom is 0.235 e. The lowest BCUT2D eigenvalue weighted by molar-refractivity contribution is -0.117. The Labute approximate surface area is 131 Å². The summed E-state index contributed by atoms with van der Waals surface area (Å²) in [6, 6.07) is 15.2. The van der Waals surface area contributed by atoms with E-state index in [0.29, 0.717) is 17.9 Å². The summed E-state index contributed by atoms with van der Waals surface area (Å²) in [7, 11) is 0. The minimum atomic E-state index is -0.596. The normalized spacial score (nSPS) is 11.9. The molecule has 1 amide bonds. The zero-order valence-corrected chi connectivity index (χ0v) is 12.1. The average molecular weight is 311 g/mol. The van der Waals surface area contributed by atoms with Gasteiger partial charge in [-0.3, -0.25) is 4.79 Å². The van der Waals surface area contributed by atoms with E-state index in [0.717, 1.165) is 5.56 Å². The molecule has 1 heterocycles. The van der Waals surface area contributed by atoms with Crippen LogP contribution in [0.4, 0.5) is 10.1 Å². The van der Waals surface area contributed by atoms with Gasteiger partial charge >= 0.3 is 0 Å². The number of rotatable bonds is 5. The van der Waals surface area contributed by atoms with Crippen molar-refractivity contribution in [2.45, 2.75) is 12.3 Å². The first kappa shape index (κ1) is 14.8. The molecule has 7 heteroatoms. The van der Waals surface area contributed by atoms with Crippen molar-refractivity contribution in [3.63, 3.8) is 0 Å². The van der Waals surface area contributed by atoms with Crippen LogP contribution in [0.2, 0.25) is 0 Å². The molecule has 1 aromatic heterocycles. The fourth-order valence-corrected chi connectivity index (χ4v) is 2.23. The number of aromatic nitrogens is 4. The minimum Gasteiger partial charge on any atom is -0.325 e. The third-order valence-electron chi connectivity index (χ3n) is 3.38. The summed E-state index contributed by atoms with van der Waals surface area (Å²) >= 11 is 0. The second-order valence-electron chi connectivity index (χ2n) is 5.01. The van der Waals surface area contributed by atoms with Gasteiger partial charge in [0.15, 0.2) is 5.82 Å². The molecule has 2 aromatic carbocycles. The molecular weight excluding hydrogens is 297 g/mol. The van der Waals surface area contributed by atoms with E-state index in [4.69, 9.17) is 0 Å². The molecule has 0 aliphatic heterocycles. The van der Waals surface area contributed by atoms with E-state index < -0.39 is 5.92 Å². The number of amides is 1. The van der Waals surface area contributed by atoms with Crippen LogP contribution in [0.15, 0.2) is 54.6 Å². The fraction of sp³-hybridized carbons (Fsp3) is 0.125. The van der Waals surface area contributed by atoms with Crippen molar-refractivity contribution < 1.29 is 9.18 Å². The molecule has 0 aliphatic rings. The first-order chi connectivity index (χ1) is 11.2. The molecule has 0 aliphatic carbocycles. The van der Waals surface area contributed by atoms with Crippen molar-refractivity contribution in [1.29, 1.82) is 0 Å². The van der Waals surface area contributed by atoms with Gasteiger partial charge in [0.1, 0.15) is 11.7 Å². The van der Waals surface area contributed by atoms with Crippen LogP contribution in [0.3, 0.4) is 0 Å². The van der Waals surface area contributed by atoms with Gasteiger partial charge < -0.3 is 5.32 Å². The number of anilines is 1. The number of tetrazole rings is 1. The van der Waals surface area contributed by atoms with Crippen molar-refractivity contribution in [3.05, 3.63) is 71.8 Å². The molecule has 3 rings (SSSR count). The highest BCUT2D eigenvalue weighted by molar-refractivity contribution is 5.95. The molecule has 116 valence electrons. The summed E-state index contributed by atoms with van der Waals surface area (Å²) in [6.07, 6.45) is 0.438. The number of halogens is 1. The first-order valence-corrected chi connectivity index (χ1v) is 7.06. The number of benzene rings is 2. The highest BCUT2D eigenvalue weighted by Crippen LogP contribution is 2.20. The second kappa shape index (κ2) is 6.78. The number of aromatic amines is 1. The molecule has 0 fully saturated rings. The predicted octanol–water partition coefficient (Wildman–Crippen LogP) is 2.30. The van der Waals surface area contributed by atoms with Gasteiger partial charge in [0, 0.05) is 5.69 Å². The van der Waals surface area contributed by atoms with Gasteiger partial charge in [0.05, 0.1) is 0 Å². The van der Waals surface area contributed by atoms with Gasteiger partial charge in [-0.25, -0.2) is 4.39 Å². The first-order valence-electron chi connectivity index (χ1n) is 7.06. The number of nitrogens with zero attached hydrogens (tertiary/aromatic N) is 3. The van der Waals surface area contributed by atoms with Crippen LogP contribution in [0, 0.1) is 5.82 Å². The van der Waals surface area contributed by atoms with Crippen LogP contribution in [0.25, 0.3) is 0 Å². The van der Waals surface area contributed by atoms with Gasteiger partial charge in [0.2, 0.25) is 5.91 Å². The Morgan fingerprint density at radius 1 is 1.13 bits per heavy atom. The van der Waals surface area contributed by atoms with Crippen molar-refractivity contribution >= 4 is 11.6 Å². The second-order valence-corrected chi connectivity index (χ2v) is 5.01. The van der Waals surface area contributed by atoms with Gasteiger partial charge in [-0.1, -0.05) is 35.5 Å². The summed E-state index contributed by atoms with van der Waals surface area (Å²) < 4.78 is 12.9. The van der Waals surface area contributed by atoms with E-state index in [1.807, 2.05) is 30.3 Å². The molecule has 23 heavy (non-hydrogen) atoms. The molecule has 0 bridgehead atoms. The molecule has 0 radical (unpaired) electrons. The molecular formula is C16H14FN5O. The van der Waals surface area contributed by atoms with Crippen LogP contribution < -0.4 is 5.32 Å². The molecule has 0 saturated heterocycles. The van der Waals surface area contributed by atoms with Gasteiger partial charge in [-0.15, -0.1) is 10.2 Å². The fourth-order valence-electron chi connectivity index (χ4n) is 2.23. The SMILES string of the molecule is O=C(Nc1ccc(F)cc1)C(Cc1ccccc1)c1nn[nH]n1. The van der Waals surface area contributed by atoms with Gasteiger partial charge in [-0.2, -0.15) is 5.21 Å². The Morgan fingerprint density at radius 2 is 1.87 bits per heavy atom. The molecule has 2 N–H and O–H groups in total. The van der Waals surface area contributed by atoms with Crippen LogP contribution in [0.1, 0.15) is 17.3 Å². The molecule has 6 nitrogen and oxygen atoms in total. The van der Waals surface area contributed by atoms with Crippen molar-refractivity contribution in [3.8, 4) is 0 Å². The molecule has 3 aromatic rings. The van der Waals surface area contributed by atoms with Gasteiger partial charge in [0.25, 0.3) is 0 Å². The zero-order chi connectivity index (χ0) is 16.1. The highest BCUT2D eigenvalue weighted by atomic mass is 19.1. The molecule has 0 saturated carbocycles. The summed E-state index contributed by atoms with van der Waals surface area (Å²) in [6.45, 7) is 0. The number of carbonyl (C=O) groups excluding carboxylic acids is 1. The van der Waals surface area contributed by atoms with Gasteiger partial charge in [-0.05, 0) is 36.2 Å². The van der Waals surface area contributed by atoms with E-state index in [1.54, 1.807) is 0 Å². The van der Waals surface area contributed by atoms with Crippen LogP contribution in [-0.2, 0) is 11.2 Å². The highest BCUT2D eigenvalue weighted by Gasteiger charge is 2.25. The van der Waals surface area contributed by atoms with E-state index in [1.165, 1.54) is 24.3 Å². The Hall–Kier alpha value is -3.09. The van der Waals surface area contributed by atoms with Crippen LogP contribution in [-0.4, -0.2) is 26.5 Å². The Balaban J connectivity index is 1.80. The topological polar surface area (TPSA) is 83.6 Å². The quantitative estimate of drug-likeness (QED) is 0.757. The standard InChI is InChI=1S/C16H14FN5O/c17-12-6-8-13(9-7-12)18-16(23)14(15-19-21-22-20-15)10-11-4-2-1-3-5-11/h1-9,14H,10H2,(H,18,23)(H,19,20,21,22). The number of carbonyl (C=O) groups is 1. The van der Waals surface area contributed by atoms with Crippen molar-refractivity contribution in [2.24, 2.45) is 0 Å². The zero-order valence-electron chi connectivity index (χ0n) is 12.1. The van der Waals surface area contributed by atoms with Crippen molar-refractivity contribution in [2.75, 3.05) is 5.32 Å². The lowest BCUT2D eigenvalue weighted by Crippen LogP contribution is -2.24. The third kappa shape index (κ3) is 3.76. The summed E-state index contributed by atoms with van der Waals surface area (Å²) in [4.78, 5) is 12.6. The summed E-state index contributed by atoms with van der Waals surface area (Å²) in [5.74, 6) is -0.918. The number of H-pyrrole nitrogens is 1. The Morgan fingerprint density at radius 3 is 2.52 bits per heavy atom. The predicted molar refractivity (Wildman–Crippen MR) is 82.1 cm³/mol.